The Morgan fingerprint density at radius 2 is 1.96 bits per heavy atom. The van der Waals surface area contributed by atoms with Gasteiger partial charge >= 0.3 is 0 Å². The molecule has 0 bridgehead atoms. The van der Waals surface area contributed by atoms with Crippen molar-refractivity contribution in [2.75, 3.05) is 7.11 Å². The largest absolute Gasteiger partial charge is 0.497 e. The molecule has 4 rings (SSSR count). The average molecular weight is 363 g/mol. The third kappa shape index (κ3) is 3.43. The maximum atomic E-state index is 13.0. The third-order valence-electron chi connectivity index (χ3n) is 5.50. The summed E-state index contributed by atoms with van der Waals surface area (Å²) in [4.78, 5) is 14.9. The number of hydrogen-bond acceptors (Lipinski definition) is 4. The van der Waals surface area contributed by atoms with Crippen LogP contribution in [0.2, 0.25) is 0 Å². The summed E-state index contributed by atoms with van der Waals surface area (Å²) in [5, 5.41) is 1.93. The molecule has 0 saturated carbocycles. The Hall–Kier alpha value is -2.79. The van der Waals surface area contributed by atoms with Gasteiger partial charge in [-0.15, -0.1) is 0 Å². The molecule has 2 aromatic rings. The molecule has 2 aliphatic rings. The average Bonchev–Trinajstić information content (AvgIpc) is 3.12. The van der Waals surface area contributed by atoms with Gasteiger partial charge in [-0.2, -0.15) is 0 Å². The first-order valence-electron chi connectivity index (χ1n) is 9.28. The number of benzene rings is 2. The van der Waals surface area contributed by atoms with Crippen molar-refractivity contribution in [3.63, 3.8) is 0 Å². The molecule has 0 aromatic heterocycles. The number of hydrazine groups is 1. The Bertz CT molecular complexity index is 893. The Balaban J connectivity index is 1.49. The lowest BCUT2D eigenvalue weighted by Gasteiger charge is -2.32. The van der Waals surface area contributed by atoms with Gasteiger partial charge in [0, 0.05) is 12.4 Å². The normalized spacial score (nSPS) is 21.5. The fraction of sp³-hybridized carbons (Fsp3) is 0.318. The van der Waals surface area contributed by atoms with Crippen LogP contribution in [0.4, 0.5) is 0 Å². The predicted molar refractivity (Wildman–Crippen MR) is 105 cm³/mol. The summed E-state index contributed by atoms with van der Waals surface area (Å²) >= 11 is 0. The van der Waals surface area contributed by atoms with Gasteiger partial charge < -0.3 is 14.6 Å². The van der Waals surface area contributed by atoms with Gasteiger partial charge in [0.1, 0.15) is 11.8 Å². The number of rotatable bonds is 4. The van der Waals surface area contributed by atoms with E-state index in [9.17, 15) is 4.79 Å². The SMILES string of the molecule is COc1cccc(C2CC3C(=O)N(Cc4ccc(C)c(C)c4)C=CN3N2)c1. The molecule has 1 N–H and O–H groups in total. The molecule has 2 unspecified atom stereocenters. The minimum atomic E-state index is -0.183. The van der Waals surface area contributed by atoms with Crippen molar-refractivity contribution < 1.29 is 9.53 Å². The van der Waals surface area contributed by atoms with Gasteiger partial charge in [-0.05, 0) is 54.7 Å². The van der Waals surface area contributed by atoms with Gasteiger partial charge in [0.15, 0.2) is 0 Å². The second-order valence-electron chi connectivity index (χ2n) is 7.30. The molecule has 0 spiro atoms. The van der Waals surface area contributed by atoms with Crippen molar-refractivity contribution >= 4 is 5.91 Å². The Kier molecular flexibility index (Phi) is 4.62. The molecule has 1 saturated heterocycles. The van der Waals surface area contributed by atoms with Crippen molar-refractivity contribution in [3.05, 3.63) is 77.1 Å². The van der Waals surface area contributed by atoms with Crippen LogP contribution in [-0.4, -0.2) is 29.0 Å². The van der Waals surface area contributed by atoms with Gasteiger partial charge in [-0.1, -0.05) is 30.3 Å². The molecule has 0 radical (unpaired) electrons. The first-order chi connectivity index (χ1) is 13.0. The Morgan fingerprint density at radius 3 is 2.74 bits per heavy atom. The van der Waals surface area contributed by atoms with E-state index in [4.69, 9.17) is 4.74 Å². The molecule has 5 heteroatoms. The number of carbonyl (C=O) groups is 1. The van der Waals surface area contributed by atoms with Crippen LogP contribution in [0.25, 0.3) is 0 Å². The van der Waals surface area contributed by atoms with E-state index < -0.39 is 0 Å². The molecule has 2 aromatic carbocycles. The summed E-state index contributed by atoms with van der Waals surface area (Å²) in [6.07, 6.45) is 4.57. The molecule has 0 aliphatic carbocycles. The van der Waals surface area contributed by atoms with Crippen molar-refractivity contribution in [1.29, 1.82) is 0 Å². The van der Waals surface area contributed by atoms with Gasteiger partial charge in [0.25, 0.3) is 5.91 Å². The summed E-state index contributed by atoms with van der Waals surface area (Å²) in [6.45, 7) is 4.81. The number of amides is 1. The number of nitrogens with one attached hydrogen (secondary N) is 1. The molecule has 1 amide bonds. The number of methoxy groups -OCH3 is 1. The number of aryl methyl sites for hydroxylation is 2. The van der Waals surface area contributed by atoms with Crippen LogP contribution in [0.1, 0.15) is 34.7 Å². The van der Waals surface area contributed by atoms with Crippen LogP contribution in [0.15, 0.2) is 54.9 Å². The quantitative estimate of drug-likeness (QED) is 0.904. The Labute approximate surface area is 160 Å². The number of fused-ring (bicyclic) bond motifs is 1. The summed E-state index contributed by atoms with van der Waals surface area (Å²) in [5.41, 5.74) is 8.24. The van der Waals surface area contributed by atoms with E-state index in [1.807, 2.05) is 40.5 Å². The van der Waals surface area contributed by atoms with Gasteiger partial charge in [-0.3, -0.25) is 4.79 Å². The third-order valence-corrected chi connectivity index (χ3v) is 5.50. The molecule has 2 aliphatic heterocycles. The van der Waals surface area contributed by atoms with Gasteiger partial charge in [0.05, 0.1) is 19.7 Å². The monoisotopic (exact) mass is 363 g/mol. The highest BCUT2D eigenvalue weighted by Gasteiger charge is 2.39. The zero-order chi connectivity index (χ0) is 19.0. The summed E-state index contributed by atoms with van der Waals surface area (Å²) in [7, 11) is 1.67. The lowest BCUT2D eigenvalue weighted by atomic mass is 10.0. The van der Waals surface area contributed by atoms with E-state index in [-0.39, 0.29) is 18.0 Å². The first kappa shape index (κ1) is 17.6. The zero-order valence-electron chi connectivity index (χ0n) is 16.0. The molecule has 27 heavy (non-hydrogen) atoms. The molecule has 140 valence electrons. The zero-order valence-corrected chi connectivity index (χ0v) is 16.0. The van der Waals surface area contributed by atoms with E-state index >= 15 is 0 Å². The highest BCUT2D eigenvalue weighted by atomic mass is 16.5. The highest BCUT2D eigenvalue weighted by Crippen LogP contribution is 2.32. The lowest BCUT2D eigenvalue weighted by Crippen LogP contribution is -2.47. The van der Waals surface area contributed by atoms with Crippen molar-refractivity contribution in [3.8, 4) is 5.75 Å². The second kappa shape index (κ2) is 7.08. The molecule has 5 nitrogen and oxygen atoms in total. The minimum Gasteiger partial charge on any atom is -0.497 e. The number of nitrogens with zero attached hydrogens (tertiary/aromatic N) is 2. The Morgan fingerprint density at radius 1 is 1.11 bits per heavy atom. The van der Waals surface area contributed by atoms with E-state index in [0.717, 1.165) is 23.3 Å². The standard InChI is InChI=1S/C22H25N3O2/c1-15-7-8-17(11-16(15)2)14-24-9-10-25-21(22(24)26)13-20(23-25)18-5-4-6-19(12-18)27-3/h4-12,20-21,23H,13-14H2,1-3H3. The molecule has 2 atom stereocenters. The summed E-state index contributed by atoms with van der Waals surface area (Å²) < 4.78 is 5.33. The van der Waals surface area contributed by atoms with E-state index in [1.165, 1.54) is 11.1 Å². The smallest absolute Gasteiger partial charge is 0.251 e. The minimum absolute atomic E-state index is 0.0975. The summed E-state index contributed by atoms with van der Waals surface area (Å²) in [6, 6.07) is 14.3. The fourth-order valence-corrected chi connectivity index (χ4v) is 3.74. The van der Waals surface area contributed by atoms with Crippen molar-refractivity contribution in [1.82, 2.24) is 15.3 Å². The van der Waals surface area contributed by atoms with Crippen LogP contribution < -0.4 is 10.2 Å². The molecular weight excluding hydrogens is 338 g/mol. The molecule has 1 fully saturated rings. The predicted octanol–water partition coefficient (Wildman–Crippen LogP) is 3.45. The van der Waals surface area contributed by atoms with Gasteiger partial charge in [0.2, 0.25) is 0 Å². The maximum Gasteiger partial charge on any atom is 0.251 e. The van der Waals surface area contributed by atoms with Crippen LogP contribution in [-0.2, 0) is 11.3 Å². The van der Waals surface area contributed by atoms with E-state index in [0.29, 0.717) is 6.54 Å². The van der Waals surface area contributed by atoms with Crippen LogP contribution >= 0.6 is 0 Å². The number of hydrogen-bond donors (Lipinski definition) is 1. The second-order valence-corrected chi connectivity index (χ2v) is 7.30. The topological polar surface area (TPSA) is 44.8 Å². The van der Waals surface area contributed by atoms with Gasteiger partial charge in [-0.25, -0.2) is 5.43 Å². The molecule has 2 heterocycles. The van der Waals surface area contributed by atoms with E-state index in [2.05, 4.69) is 43.5 Å². The lowest BCUT2D eigenvalue weighted by molar-refractivity contribution is -0.134. The fourth-order valence-electron chi connectivity index (χ4n) is 3.74. The number of ether oxygens (including phenoxy) is 1. The highest BCUT2D eigenvalue weighted by molar-refractivity contribution is 5.84. The van der Waals surface area contributed by atoms with Crippen molar-refractivity contribution in [2.45, 2.75) is 38.9 Å². The maximum absolute atomic E-state index is 13.0. The number of carbonyl (C=O) groups excluding carboxylic acids is 1. The molecular formula is C22H25N3O2. The summed E-state index contributed by atoms with van der Waals surface area (Å²) in [5.74, 6) is 0.964. The van der Waals surface area contributed by atoms with Crippen LogP contribution in [0.3, 0.4) is 0 Å². The van der Waals surface area contributed by atoms with E-state index in [1.54, 1.807) is 7.11 Å². The van der Waals surface area contributed by atoms with Crippen LogP contribution in [0, 0.1) is 13.8 Å². The first-order valence-corrected chi connectivity index (χ1v) is 9.28. The van der Waals surface area contributed by atoms with Crippen molar-refractivity contribution in [2.24, 2.45) is 0 Å². The van der Waals surface area contributed by atoms with Crippen LogP contribution in [0.5, 0.6) is 5.75 Å².